The van der Waals surface area contributed by atoms with Crippen LogP contribution in [0.2, 0.25) is 0 Å². The van der Waals surface area contributed by atoms with Crippen molar-refractivity contribution in [2.24, 2.45) is 5.92 Å². The van der Waals surface area contributed by atoms with E-state index in [0.29, 0.717) is 37.9 Å². The maximum atomic E-state index is 12.9. The third-order valence-electron chi connectivity index (χ3n) is 5.95. The first kappa shape index (κ1) is 26.3. The Kier molecular flexibility index (Phi) is 8.98. The van der Waals surface area contributed by atoms with Gasteiger partial charge in [0.15, 0.2) is 0 Å². The van der Waals surface area contributed by atoms with Crippen LogP contribution < -0.4 is 4.72 Å². The van der Waals surface area contributed by atoms with Crippen LogP contribution in [0.15, 0.2) is 47.4 Å². The molecule has 0 unspecified atom stereocenters. The molecule has 1 aliphatic rings. The van der Waals surface area contributed by atoms with Gasteiger partial charge in [-0.15, -0.1) is 0 Å². The molecule has 0 aromatic heterocycles. The quantitative estimate of drug-likeness (QED) is 0.255. The van der Waals surface area contributed by atoms with E-state index in [0.717, 1.165) is 18.1 Å². The number of carbonyl (C=O) groups is 1. The first-order valence-corrected chi connectivity index (χ1v) is 12.7. The zero-order chi connectivity index (χ0) is 25.4. The lowest BCUT2D eigenvalue weighted by molar-refractivity contribution is -0.385. The molecule has 1 fully saturated rings. The third-order valence-corrected chi connectivity index (χ3v) is 7.47. The highest BCUT2D eigenvalue weighted by Gasteiger charge is 2.30. The van der Waals surface area contributed by atoms with Gasteiger partial charge >= 0.3 is 5.97 Å². The summed E-state index contributed by atoms with van der Waals surface area (Å²) >= 11 is 0. The Labute approximate surface area is 205 Å². The molecule has 9 nitrogen and oxygen atoms in total. The molecule has 0 amide bonds. The molecule has 1 aliphatic carbocycles. The summed E-state index contributed by atoms with van der Waals surface area (Å²) in [4.78, 5) is 22.5. The van der Waals surface area contributed by atoms with Crippen LogP contribution in [0, 0.1) is 27.9 Å². The van der Waals surface area contributed by atoms with Crippen LogP contribution in [0.3, 0.4) is 0 Å². The second kappa shape index (κ2) is 11.9. The third kappa shape index (κ3) is 7.11. The summed E-state index contributed by atoms with van der Waals surface area (Å²) in [5.74, 6) is 5.15. The number of benzene rings is 2. The summed E-state index contributed by atoms with van der Waals surface area (Å²) < 4.78 is 38.2. The molecule has 1 N–H and O–H groups in total. The van der Waals surface area contributed by atoms with Gasteiger partial charge in [-0.1, -0.05) is 24.0 Å². The fourth-order valence-electron chi connectivity index (χ4n) is 3.95. The highest BCUT2D eigenvalue weighted by molar-refractivity contribution is 7.89. The lowest BCUT2D eigenvalue weighted by Crippen LogP contribution is -2.38. The molecule has 0 heterocycles. The maximum Gasteiger partial charge on any atom is 0.308 e. The monoisotopic (exact) mass is 500 g/mol. The van der Waals surface area contributed by atoms with Crippen molar-refractivity contribution in [2.75, 3.05) is 20.8 Å². The number of hydrogen-bond donors (Lipinski definition) is 1. The number of nitro benzene ring substituents is 1. The largest absolute Gasteiger partial charge is 0.469 e. The molecule has 0 atom stereocenters. The lowest BCUT2D eigenvalue weighted by atomic mass is 9.86. The van der Waals surface area contributed by atoms with Gasteiger partial charge in [-0.25, -0.2) is 13.1 Å². The Bertz CT molecular complexity index is 1220. The summed E-state index contributed by atoms with van der Waals surface area (Å²) in [7, 11) is -1.02. The van der Waals surface area contributed by atoms with E-state index >= 15 is 0 Å². The number of sulfonamides is 1. The maximum absolute atomic E-state index is 12.9. The second-order valence-electron chi connectivity index (χ2n) is 8.32. The van der Waals surface area contributed by atoms with E-state index < -0.39 is 14.9 Å². The summed E-state index contributed by atoms with van der Waals surface area (Å²) in [6.07, 6.45) is 2.76. The average molecular weight is 501 g/mol. The number of ether oxygens (including phenoxy) is 2. The van der Waals surface area contributed by atoms with Crippen LogP contribution in [-0.4, -0.2) is 46.2 Å². The number of esters is 1. The van der Waals surface area contributed by atoms with Crippen LogP contribution in [0.25, 0.3) is 0 Å². The number of nitro groups is 1. The molecule has 35 heavy (non-hydrogen) atoms. The van der Waals surface area contributed by atoms with E-state index in [9.17, 15) is 23.3 Å². The van der Waals surface area contributed by atoms with Crippen LogP contribution in [0.4, 0.5) is 5.69 Å². The van der Waals surface area contributed by atoms with E-state index in [-0.39, 0.29) is 34.1 Å². The van der Waals surface area contributed by atoms with E-state index in [1.165, 1.54) is 19.2 Å². The minimum absolute atomic E-state index is 0.121. The Balaban J connectivity index is 1.74. The molecule has 2 aromatic rings. The molecule has 3 rings (SSSR count). The zero-order valence-corrected chi connectivity index (χ0v) is 20.5. The highest BCUT2D eigenvalue weighted by atomic mass is 32.2. The van der Waals surface area contributed by atoms with Crippen molar-refractivity contribution in [3.63, 3.8) is 0 Å². The van der Waals surface area contributed by atoms with Crippen LogP contribution in [0.1, 0.15) is 42.4 Å². The van der Waals surface area contributed by atoms with Gasteiger partial charge in [0.25, 0.3) is 5.69 Å². The summed E-state index contributed by atoms with van der Waals surface area (Å²) in [6.45, 7) is 0.607. The van der Waals surface area contributed by atoms with Crippen molar-refractivity contribution in [1.82, 2.24) is 4.72 Å². The van der Waals surface area contributed by atoms with E-state index in [4.69, 9.17) is 9.47 Å². The van der Waals surface area contributed by atoms with Gasteiger partial charge in [-0.3, -0.25) is 14.9 Å². The first-order valence-electron chi connectivity index (χ1n) is 11.2. The van der Waals surface area contributed by atoms with E-state index in [1.54, 1.807) is 7.11 Å². The Morgan fingerprint density at radius 2 is 1.77 bits per heavy atom. The van der Waals surface area contributed by atoms with E-state index in [1.807, 2.05) is 24.3 Å². The number of methoxy groups -OCH3 is 2. The van der Waals surface area contributed by atoms with Gasteiger partial charge < -0.3 is 9.47 Å². The molecular formula is C25H28N2O7S. The minimum Gasteiger partial charge on any atom is -0.469 e. The number of rotatable bonds is 8. The normalized spacial score (nSPS) is 17.8. The summed E-state index contributed by atoms with van der Waals surface area (Å²) in [6, 6.07) is 10.8. The molecule has 1 saturated carbocycles. The molecule has 0 aliphatic heterocycles. The smallest absolute Gasteiger partial charge is 0.308 e. The molecule has 0 saturated heterocycles. The average Bonchev–Trinajstić information content (AvgIpc) is 2.86. The fraction of sp³-hybridized carbons (Fsp3) is 0.400. The Hall–Kier alpha value is -3.26. The summed E-state index contributed by atoms with van der Waals surface area (Å²) in [5.41, 5.74) is 1.51. The van der Waals surface area contributed by atoms with Gasteiger partial charge in [-0.05, 0) is 61.9 Å². The van der Waals surface area contributed by atoms with Crippen LogP contribution >= 0.6 is 0 Å². The predicted molar refractivity (Wildman–Crippen MR) is 129 cm³/mol. The van der Waals surface area contributed by atoms with Gasteiger partial charge in [0.05, 0.1) is 29.5 Å². The highest BCUT2D eigenvalue weighted by Crippen LogP contribution is 2.28. The lowest BCUT2D eigenvalue weighted by Gasteiger charge is -2.27. The van der Waals surface area contributed by atoms with Gasteiger partial charge in [-0.2, -0.15) is 0 Å². The molecule has 10 heteroatoms. The zero-order valence-electron chi connectivity index (χ0n) is 19.7. The number of nitrogens with one attached hydrogen (secondary N) is 1. The summed E-state index contributed by atoms with van der Waals surface area (Å²) in [5, 5.41) is 11.6. The molecule has 0 bridgehead atoms. The standard InChI is InChI=1S/C25H28N2O7S/c1-33-16-15-19-5-3-18(4-6-19)7-8-20-11-14-23(17-24(20)27(29)30)35(31,32)26-22-12-9-21(10-13-22)25(28)34-2/h3-6,11,14,17,21-22,26H,9-10,12-13,15-16H2,1-2H3. The minimum atomic E-state index is -3.98. The van der Waals surface area contributed by atoms with Gasteiger partial charge in [0.1, 0.15) is 5.56 Å². The Morgan fingerprint density at radius 3 is 2.37 bits per heavy atom. The van der Waals surface area contributed by atoms with Crippen LogP contribution in [-0.2, 0) is 30.7 Å². The first-order chi connectivity index (χ1) is 16.7. The van der Waals surface area contributed by atoms with Crippen molar-refractivity contribution in [3.8, 4) is 11.8 Å². The number of nitrogens with zero attached hydrogens (tertiary/aromatic N) is 1. The van der Waals surface area contributed by atoms with Crippen molar-refractivity contribution in [3.05, 3.63) is 69.3 Å². The van der Waals surface area contributed by atoms with Crippen molar-refractivity contribution in [1.29, 1.82) is 0 Å². The van der Waals surface area contributed by atoms with Crippen molar-refractivity contribution in [2.45, 2.75) is 43.0 Å². The predicted octanol–water partition coefficient (Wildman–Crippen LogP) is 3.19. The molecule has 0 spiro atoms. The van der Waals surface area contributed by atoms with Crippen molar-refractivity contribution < 1.29 is 27.6 Å². The topological polar surface area (TPSA) is 125 Å². The Morgan fingerprint density at radius 1 is 1.09 bits per heavy atom. The van der Waals surface area contributed by atoms with Gasteiger partial charge in [0.2, 0.25) is 10.0 Å². The van der Waals surface area contributed by atoms with Gasteiger partial charge in [0, 0.05) is 24.8 Å². The molecule has 0 radical (unpaired) electrons. The van der Waals surface area contributed by atoms with E-state index in [2.05, 4.69) is 16.6 Å². The number of carbonyl (C=O) groups excluding carboxylic acids is 1. The molecule has 186 valence electrons. The van der Waals surface area contributed by atoms with Crippen molar-refractivity contribution >= 4 is 21.7 Å². The SMILES string of the molecule is COCCc1ccc(C#Cc2ccc(S(=O)(=O)NC3CCC(C(=O)OC)CC3)cc2[N+](=O)[O-])cc1. The molecular weight excluding hydrogens is 472 g/mol. The number of hydrogen-bond acceptors (Lipinski definition) is 7. The van der Waals surface area contributed by atoms with Crippen LogP contribution in [0.5, 0.6) is 0 Å². The molecule has 2 aromatic carbocycles. The fourth-order valence-corrected chi connectivity index (χ4v) is 5.28. The second-order valence-corrected chi connectivity index (χ2v) is 10.0.